The minimum Gasteiger partial charge on any atom is -0.491 e. The van der Waals surface area contributed by atoms with Crippen LogP contribution in [0.15, 0.2) is 12.3 Å². The zero-order chi connectivity index (χ0) is 17.8. The molecule has 1 aromatic rings. The molecule has 0 spiro atoms. The summed E-state index contributed by atoms with van der Waals surface area (Å²) in [4.78, 5) is 27.0. The number of hydrogen-bond acceptors (Lipinski definition) is 5. The molecule has 1 heterocycles. The third kappa shape index (κ3) is 6.98. The second-order valence-corrected chi connectivity index (χ2v) is 5.63. The molecule has 0 saturated carbocycles. The summed E-state index contributed by atoms with van der Waals surface area (Å²) in [5.74, 6) is -1.60. The lowest BCUT2D eigenvalue weighted by atomic mass is 10.1. The Kier molecular flexibility index (Phi) is 9.49. The van der Waals surface area contributed by atoms with E-state index in [1.165, 1.54) is 31.5 Å². The number of carboxylic acid groups (broad SMARTS) is 1. The summed E-state index contributed by atoms with van der Waals surface area (Å²) in [6.07, 6.45) is 8.61. The molecule has 1 aromatic heterocycles. The fourth-order valence-electron chi connectivity index (χ4n) is 2.17. The topological polar surface area (TPSA) is 85.7 Å². The molecule has 1 rings (SSSR count). The first-order chi connectivity index (χ1) is 11.6. The molecular weight excluding hydrogens is 310 g/mol. The molecule has 0 amide bonds. The molecule has 0 aromatic carbocycles. The Morgan fingerprint density at radius 3 is 2.42 bits per heavy atom. The number of rotatable bonds is 12. The van der Waals surface area contributed by atoms with Crippen molar-refractivity contribution in [2.45, 2.75) is 58.8 Å². The van der Waals surface area contributed by atoms with Gasteiger partial charge in [-0.25, -0.2) is 14.6 Å². The molecule has 0 bridgehead atoms. The van der Waals surface area contributed by atoms with Crippen molar-refractivity contribution < 1.29 is 24.2 Å². The van der Waals surface area contributed by atoms with Gasteiger partial charge in [0.15, 0.2) is 11.4 Å². The summed E-state index contributed by atoms with van der Waals surface area (Å²) in [5.41, 5.74) is 0.00742. The fourth-order valence-corrected chi connectivity index (χ4v) is 2.17. The largest absolute Gasteiger partial charge is 0.491 e. The van der Waals surface area contributed by atoms with E-state index in [1.807, 2.05) is 6.92 Å². The average molecular weight is 337 g/mol. The highest BCUT2D eigenvalue weighted by Crippen LogP contribution is 2.19. The monoisotopic (exact) mass is 337 g/mol. The normalized spacial score (nSPS) is 10.4. The van der Waals surface area contributed by atoms with E-state index in [9.17, 15) is 9.59 Å². The number of esters is 1. The highest BCUT2D eigenvalue weighted by molar-refractivity contribution is 5.93. The van der Waals surface area contributed by atoms with Crippen LogP contribution in [-0.4, -0.2) is 35.2 Å². The van der Waals surface area contributed by atoms with E-state index in [2.05, 4.69) is 11.9 Å². The zero-order valence-electron chi connectivity index (χ0n) is 14.5. The number of hydrogen-bond donors (Lipinski definition) is 1. The smallest absolute Gasteiger partial charge is 0.358 e. The minimum absolute atomic E-state index is 0.0957. The van der Waals surface area contributed by atoms with Crippen molar-refractivity contribution in [3.8, 4) is 5.75 Å². The Hall–Kier alpha value is -2.11. The lowest BCUT2D eigenvalue weighted by molar-refractivity contribution is 0.0495. The van der Waals surface area contributed by atoms with Gasteiger partial charge < -0.3 is 14.6 Å². The zero-order valence-corrected chi connectivity index (χ0v) is 14.5. The summed E-state index contributed by atoms with van der Waals surface area (Å²) < 4.78 is 10.6. The van der Waals surface area contributed by atoms with Crippen molar-refractivity contribution in [1.82, 2.24) is 4.98 Å². The van der Waals surface area contributed by atoms with E-state index in [-0.39, 0.29) is 17.0 Å². The molecule has 1 N–H and O–H groups in total. The molecule has 0 atom stereocenters. The van der Waals surface area contributed by atoms with Crippen LogP contribution in [0.25, 0.3) is 0 Å². The van der Waals surface area contributed by atoms with Crippen LogP contribution in [0.2, 0.25) is 0 Å². The summed E-state index contributed by atoms with van der Waals surface area (Å²) in [6.45, 7) is 4.80. The molecule has 0 radical (unpaired) electrons. The number of aromatic carboxylic acids is 1. The van der Waals surface area contributed by atoms with E-state index in [0.29, 0.717) is 13.2 Å². The first kappa shape index (κ1) is 19.9. The Balaban J connectivity index is 2.52. The van der Waals surface area contributed by atoms with Crippen molar-refractivity contribution in [3.63, 3.8) is 0 Å². The average Bonchev–Trinajstić information content (AvgIpc) is 2.58. The van der Waals surface area contributed by atoms with Gasteiger partial charge in [-0.3, -0.25) is 0 Å². The molecule has 0 aliphatic carbocycles. The lowest BCUT2D eigenvalue weighted by Gasteiger charge is -2.09. The number of ether oxygens (including phenoxy) is 2. The van der Waals surface area contributed by atoms with Crippen LogP contribution in [0.3, 0.4) is 0 Å². The summed E-state index contributed by atoms with van der Waals surface area (Å²) in [5, 5.41) is 9.10. The van der Waals surface area contributed by atoms with E-state index < -0.39 is 11.9 Å². The molecule has 0 aliphatic heterocycles. The van der Waals surface area contributed by atoms with E-state index in [0.717, 1.165) is 25.7 Å². The first-order valence-corrected chi connectivity index (χ1v) is 8.63. The van der Waals surface area contributed by atoms with Gasteiger partial charge in [0.1, 0.15) is 0 Å². The maximum atomic E-state index is 12.0. The predicted molar refractivity (Wildman–Crippen MR) is 90.6 cm³/mol. The summed E-state index contributed by atoms with van der Waals surface area (Å²) >= 11 is 0. The third-order valence-corrected chi connectivity index (χ3v) is 3.48. The van der Waals surface area contributed by atoms with Gasteiger partial charge >= 0.3 is 11.9 Å². The van der Waals surface area contributed by atoms with Crippen LogP contribution in [-0.2, 0) is 4.74 Å². The quantitative estimate of drug-likeness (QED) is 0.457. The van der Waals surface area contributed by atoms with Gasteiger partial charge in [0.05, 0.1) is 18.8 Å². The standard InChI is InChI=1S/C18H27NO5/c1-3-5-6-7-8-9-11-24-18(22)14-12-15(23-10-4-2)16(17(20)21)19-13-14/h12-13H,3-11H2,1-2H3,(H,20,21). The lowest BCUT2D eigenvalue weighted by Crippen LogP contribution is -2.11. The van der Waals surface area contributed by atoms with Gasteiger partial charge in [-0.05, 0) is 18.9 Å². The minimum atomic E-state index is -1.19. The van der Waals surface area contributed by atoms with Crippen molar-refractivity contribution >= 4 is 11.9 Å². The van der Waals surface area contributed by atoms with E-state index in [4.69, 9.17) is 14.6 Å². The number of carbonyl (C=O) groups is 2. The highest BCUT2D eigenvalue weighted by atomic mass is 16.5. The molecule has 0 unspecified atom stereocenters. The third-order valence-electron chi connectivity index (χ3n) is 3.48. The predicted octanol–water partition coefficient (Wildman–Crippen LogP) is 4.09. The Morgan fingerprint density at radius 1 is 1.04 bits per heavy atom. The Bertz CT molecular complexity index is 530. The molecule has 0 aliphatic rings. The molecule has 24 heavy (non-hydrogen) atoms. The van der Waals surface area contributed by atoms with Gasteiger partial charge in [-0.2, -0.15) is 0 Å². The maximum absolute atomic E-state index is 12.0. The molecule has 0 saturated heterocycles. The van der Waals surface area contributed by atoms with Crippen LogP contribution in [0.1, 0.15) is 79.6 Å². The first-order valence-electron chi connectivity index (χ1n) is 8.63. The number of nitrogens with zero attached hydrogens (tertiary/aromatic N) is 1. The van der Waals surface area contributed by atoms with Crippen LogP contribution >= 0.6 is 0 Å². The SMILES string of the molecule is CCCCCCCCOC(=O)c1cnc(C(=O)O)c(OCCC)c1. The van der Waals surface area contributed by atoms with E-state index >= 15 is 0 Å². The number of carboxylic acids is 1. The van der Waals surface area contributed by atoms with Crippen LogP contribution in [0.4, 0.5) is 0 Å². The van der Waals surface area contributed by atoms with Crippen molar-refractivity contribution in [2.75, 3.05) is 13.2 Å². The highest BCUT2D eigenvalue weighted by Gasteiger charge is 2.17. The van der Waals surface area contributed by atoms with Gasteiger partial charge in [0, 0.05) is 6.20 Å². The number of carbonyl (C=O) groups excluding carboxylic acids is 1. The van der Waals surface area contributed by atoms with Crippen molar-refractivity contribution in [2.24, 2.45) is 0 Å². The molecule has 6 heteroatoms. The summed E-state index contributed by atoms with van der Waals surface area (Å²) in [6, 6.07) is 1.38. The molecule has 134 valence electrons. The van der Waals surface area contributed by atoms with Crippen LogP contribution < -0.4 is 4.74 Å². The van der Waals surface area contributed by atoms with Gasteiger partial charge in [0.2, 0.25) is 0 Å². The van der Waals surface area contributed by atoms with Crippen molar-refractivity contribution in [1.29, 1.82) is 0 Å². The molecular formula is C18H27NO5. The van der Waals surface area contributed by atoms with Gasteiger partial charge in [-0.15, -0.1) is 0 Å². The molecule has 6 nitrogen and oxygen atoms in total. The van der Waals surface area contributed by atoms with E-state index in [1.54, 1.807) is 0 Å². The maximum Gasteiger partial charge on any atom is 0.358 e. The van der Waals surface area contributed by atoms with Crippen LogP contribution in [0.5, 0.6) is 5.75 Å². The Labute approximate surface area is 143 Å². The second kappa shape index (κ2) is 11.4. The second-order valence-electron chi connectivity index (χ2n) is 5.63. The van der Waals surface area contributed by atoms with Crippen LogP contribution in [0, 0.1) is 0 Å². The fraction of sp³-hybridized carbons (Fsp3) is 0.611. The Morgan fingerprint density at radius 2 is 1.75 bits per heavy atom. The molecule has 0 fully saturated rings. The number of unbranched alkanes of at least 4 members (excludes halogenated alkanes) is 5. The van der Waals surface area contributed by atoms with Gasteiger partial charge in [-0.1, -0.05) is 46.0 Å². The van der Waals surface area contributed by atoms with Crippen molar-refractivity contribution in [3.05, 3.63) is 23.5 Å². The number of pyridine rings is 1. The number of aromatic nitrogens is 1. The van der Waals surface area contributed by atoms with Gasteiger partial charge in [0.25, 0.3) is 0 Å². The summed E-state index contributed by atoms with van der Waals surface area (Å²) in [7, 11) is 0.